The molecule has 0 unspecified atom stereocenters. The van der Waals surface area contributed by atoms with Crippen LogP contribution in [-0.2, 0) is 15.6 Å². The Labute approximate surface area is 100 Å². The molecule has 1 rings (SSSR count). The third-order valence-corrected chi connectivity index (χ3v) is 1.92. The third kappa shape index (κ3) is 4.80. The van der Waals surface area contributed by atoms with E-state index < -0.39 is 0 Å². The molecule has 0 aromatic heterocycles. The fraction of sp³-hybridized carbons (Fsp3) is 0.875. The van der Waals surface area contributed by atoms with E-state index in [4.69, 9.17) is 4.74 Å². The molecule has 1 aliphatic heterocycles. The predicted octanol–water partition coefficient (Wildman–Crippen LogP) is 3.54. The van der Waals surface area contributed by atoms with Crippen molar-refractivity contribution in [3.8, 4) is 0 Å². The van der Waals surface area contributed by atoms with Crippen LogP contribution in [0.4, 0.5) is 0 Å². The molecule has 0 spiro atoms. The molecule has 0 aliphatic carbocycles. The normalized spacial score (nSPS) is 24.1. The van der Waals surface area contributed by atoms with Gasteiger partial charge >= 0.3 is 39.3 Å². The molecule has 0 aromatic rings. The third-order valence-electron chi connectivity index (χ3n) is 1.92. The van der Waals surface area contributed by atoms with Gasteiger partial charge in [0.25, 0.3) is 0 Å². The first-order valence-corrected chi connectivity index (χ1v) is 8.85. The van der Waals surface area contributed by atoms with Crippen LogP contribution in [0.1, 0.15) is 27.7 Å². The molecule has 1 heterocycles. The predicted molar refractivity (Wildman–Crippen MR) is 60.1 cm³/mol. The summed E-state index contributed by atoms with van der Waals surface area (Å²) in [7, 11) is 1.25. The average Bonchev–Trinajstić information content (AvgIpc) is 2.30. The fourth-order valence-electron chi connectivity index (χ4n) is 1.46. The molecule has 0 aromatic carbocycles. The molecule has 13 heavy (non-hydrogen) atoms. The van der Waals surface area contributed by atoms with Crippen LogP contribution >= 0.6 is 28.5 Å². The van der Waals surface area contributed by atoms with Crippen LogP contribution in [0, 0.1) is 5.92 Å². The molecule has 0 N–H and O–H groups in total. The Morgan fingerprint density at radius 3 is 2.08 bits per heavy atom. The number of hydrogen-bond donors (Lipinski definition) is 0. The molecule has 0 amide bonds. The molecule has 0 saturated carbocycles. The van der Waals surface area contributed by atoms with Crippen LogP contribution in [0.5, 0.6) is 0 Å². The first-order chi connectivity index (χ1) is 5.95. The molecule has 0 saturated heterocycles. The Kier molecular flexibility index (Phi) is 6.87. The van der Waals surface area contributed by atoms with E-state index in [1.54, 1.807) is 6.40 Å². The van der Waals surface area contributed by atoms with Crippen LogP contribution in [0.25, 0.3) is 0 Å². The average molecular weight is 360 g/mol. The van der Waals surface area contributed by atoms with Crippen LogP contribution in [0.2, 0.25) is 0 Å². The van der Waals surface area contributed by atoms with E-state index in [1.807, 2.05) is 0 Å². The quantitative estimate of drug-likeness (QED) is 0.656. The summed E-state index contributed by atoms with van der Waals surface area (Å²) in [5, 5.41) is 0. The summed E-state index contributed by atoms with van der Waals surface area (Å²) in [4.78, 5) is 4.24. The molecule has 82 valence electrons. The Morgan fingerprint density at radius 2 is 1.92 bits per heavy atom. The van der Waals surface area contributed by atoms with Crippen molar-refractivity contribution in [2.75, 3.05) is 0 Å². The number of rotatable bonds is 1. The summed E-state index contributed by atoms with van der Waals surface area (Å²) < 4.78 is 5.32. The Bertz CT molecular complexity index is 174. The molecule has 1 aliphatic rings. The van der Waals surface area contributed by atoms with Crippen LogP contribution in [-0.4, -0.2) is 18.0 Å². The minimum absolute atomic E-state index is 0.0891. The Hall–Kier alpha value is 0.924. The second-order valence-electron chi connectivity index (χ2n) is 3.71. The second-order valence-corrected chi connectivity index (χ2v) is 8.69. The van der Waals surface area contributed by atoms with Crippen LogP contribution in [0.15, 0.2) is 4.99 Å². The van der Waals surface area contributed by atoms with Crippen molar-refractivity contribution in [3.63, 3.8) is 0 Å². The first kappa shape index (κ1) is 13.9. The maximum atomic E-state index is 5.32. The van der Waals surface area contributed by atoms with Crippen molar-refractivity contribution in [2.45, 2.75) is 39.3 Å². The number of ether oxygens (including phenoxy) is 1. The van der Waals surface area contributed by atoms with Gasteiger partial charge in [0.2, 0.25) is 0 Å². The van der Waals surface area contributed by atoms with Gasteiger partial charge in [0.1, 0.15) is 5.60 Å². The van der Waals surface area contributed by atoms with Gasteiger partial charge in [0, 0.05) is 0 Å². The van der Waals surface area contributed by atoms with Gasteiger partial charge in [-0.2, -0.15) is 0 Å². The Morgan fingerprint density at radius 1 is 1.46 bits per heavy atom. The van der Waals surface area contributed by atoms with Crippen LogP contribution in [0.3, 0.4) is 0 Å². The van der Waals surface area contributed by atoms with Crippen LogP contribution < -0.4 is 0 Å². The number of nitrogens with zero attached hydrogens (tertiary/aromatic N) is 1. The SMILES string of the molecule is CC(C)[C@H]1N=COC1(C)C.[Br][Ni][Br]. The van der Waals surface area contributed by atoms with Gasteiger partial charge < -0.3 is 4.74 Å². The van der Waals surface area contributed by atoms with Gasteiger partial charge in [0.05, 0.1) is 6.04 Å². The summed E-state index contributed by atoms with van der Waals surface area (Å²) in [6.45, 7) is 8.48. The van der Waals surface area contributed by atoms with Crippen molar-refractivity contribution in [2.24, 2.45) is 10.9 Å². The van der Waals surface area contributed by atoms with E-state index in [9.17, 15) is 0 Å². The van der Waals surface area contributed by atoms with Gasteiger partial charge in [0.15, 0.2) is 6.40 Å². The fourth-order valence-corrected chi connectivity index (χ4v) is 1.46. The molecular weight excluding hydrogens is 345 g/mol. The zero-order valence-electron chi connectivity index (χ0n) is 8.16. The monoisotopic (exact) mass is 357 g/mol. The molecular formula is C8H15Br2NNiO. The zero-order valence-corrected chi connectivity index (χ0v) is 12.3. The summed E-state index contributed by atoms with van der Waals surface area (Å²) in [6.07, 6.45) is 1.57. The number of halogens is 2. The number of aliphatic imine (C=N–C) groups is 1. The minimum atomic E-state index is -0.0891. The summed E-state index contributed by atoms with van der Waals surface area (Å²) in [5.74, 6) is 0.564. The maximum absolute atomic E-state index is 5.32. The van der Waals surface area contributed by atoms with E-state index in [0.717, 1.165) is 0 Å². The summed E-state index contributed by atoms with van der Waals surface area (Å²) in [5.41, 5.74) is -0.0891. The summed E-state index contributed by atoms with van der Waals surface area (Å²) in [6, 6.07) is 0.326. The van der Waals surface area contributed by atoms with Crippen molar-refractivity contribution in [1.82, 2.24) is 0 Å². The van der Waals surface area contributed by atoms with E-state index >= 15 is 0 Å². The summed E-state index contributed by atoms with van der Waals surface area (Å²) >= 11 is 6.00. The van der Waals surface area contributed by atoms with Crippen molar-refractivity contribution >= 4 is 34.9 Å². The van der Waals surface area contributed by atoms with E-state index in [0.29, 0.717) is 12.0 Å². The van der Waals surface area contributed by atoms with Gasteiger partial charge in [-0.05, 0) is 19.8 Å². The van der Waals surface area contributed by atoms with Crippen molar-refractivity contribution in [3.05, 3.63) is 0 Å². The van der Waals surface area contributed by atoms with Gasteiger partial charge in [-0.25, -0.2) is 0 Å². The molecule has 2 nitrogen and oxygen atoms in total. The van der Waals surface area contributed by atoms with E-state index in [-0.39, 0.29) is 5.60 Å². The van der Waals surface area contributed by atoms with Gasteiger partial charge in [-0.15, -0.1) is 0 Å². The van der Waals surface area contributed by atoms with Crippen molar-refractivity contribution in [1.29, 1.82) is 0 Å². The standard InChI is InChI=1S/C8H15NO.2BrH.Ni/c1-6(2)7-8(3,4)10-5-9-7;;;/h5-7H,1-4H3;2*1H;/q;;;+2/p-2/t7-;;;/m1.../s1. The molecule has 1 atom stereocenters. The molecule has 0 radical (unpaired) electrons. The zero-order chi connectivity index (χ0) is 10.5. The first-order valence-electron chi connectivity index (χ1n) is 3.97. The Balaban J connectivity index is 0.000000424. The number of hydrogen-bond acceptors (Lipinski definition) is 2. The van der Waals surface area contributed by atoms with E-state index in [2.05, 4.69) is 61.1 Å². The van der Waals surface area contributed by atoms with Gasteiger partial charge in [-0.3, -0.25) is 4.99 Å². The second kappa shape index (κ2) is 6.42. The van der Waals surface area contributed by atoms with E-state index in [1.165, 1.54) is 10.9 Å². The van der Waals surface area contributed by atoms with Crippen molar-refractivity contribution < 1.29 is 15.6 Å². The molecule has 0 fully saturated rings. The molecule has 5 heteroatoms. The topological polar surface area (TPSA) is 21.6 Å². The molecule has 0 bridgehead atoms. The van der Waals surface area contributed by atoms with Gasteiger partial charge in [-0.1, -0.05) is 13.8 Å².